The van der Waals surface area contributed by atoms with Crippen molar-refractivity contribution in [3.05, 3.63) is 42.5 Å². The van der Waals surface area contributed by atoms with Gasteiger partial charge in [0.25, 0.3) is 0 Å². The molecule has 1 aromatic carbocycles. The van der Waals surface area contributed by atoms with Gasteiger partial charge in [0.2, 0.25) is 0 Å². The van der Waals surface area contributed by atoms with Crippen molar-refractivity contribution in [2.45, 2.75) is 30.3 Å². The summed E-state index contributed by atoms with van der Waals surface area (Å²) in [6.45, 7) is 1.20. The van der Waals surface area contributed by atoms with Gasteiger partial charge in [-0.3, -0.25) is 0 Å². The van der Waals surface area contributed by atoms with Crippen LogP contribution in [0.4, 0.5) is 0 Å². The Hall–Kier alpha value is -1.73. The van der Waals surface area contributed by atoms with Crippen molar-refractivity contribution in [3.63, 3.8) is 0 Å². The number of sulfone groups is 1. The van der Waals surface area contributed by atoms with Gasteiger partial charge in [-0.05, 0) is 18.6 Å². The van der Waals surface area contributed by atoms with Gasteiger partial charge >= 0.3 is 0 Å². The van der Waals surface area contributed by atoms with E-state index >= 15 is 0 Å². The number of aryl methyl sites for hydroxylation is 1. The number of benzene rings is 1. The maximum absolute atomic E-state index is 12.2. The Morgan fingerprint density at radius 2 is 2.10 bits per heavy atom. The largest absolute Gasteiger partial charge is 0.311 e. The summed E-state index contributed by atoms with van der Waals surface area (Å²) in [5.41, 5.74) is 0. The van der Waals surface area contributed by atoms with Crippen LogP contribution in [0.5, 0.6) is 0 Å². The van der Waals surface area contributed by atoms with Gasteiger partial charge in [-0.2, -0.15) is 5.10 Å². The smallest absolute Gasteiger partial charge is 0.179 e. The fourth-order valence-corrected chi connectivity index (χ4v) is 3.74. The molecule has 2 aromatic rings. The second kappa shape index (κ2) is 5.95. The summed E-state index contributed by atoms with van der Waals surface area (Å²) in [7, 11) is -3.21. The molecule has 1 N–H and O–H groups in total. The number of aromatic nitrogens is 3. The number of nitrogens with one attached hydrogen (secondary N) is 1. The molecule has 1 atom stereocenters. The van der Waals surface area contributed by atoms with E-state index in [4.69, 9.17) is 0 Å². The lowest BCUT2D eigenvalue weighted by molar-refractivity contribution is 0.365. The summed E-state index contributed by atoms with van der Waals surface area (Å²) >= 11 is 0. The van der Waals surface area contributed by atoms with Crippen molar-refractivity contribution in [2.75, 3.05) is 12.3 Å². The van der Waals surface area contributed by atoms with Crippen molar-refractivity contribution in [1.82, 2.24) is 20.1 Å². The molecule has 1 aromatic heterocycles. The zero-order valence-corrected chi connectivity index (χ0v) is 12.5. The van der Waals surface area contributed by atoms with E-state index < -0.39 is 9.84 Å². The highest BCUT2D eigenvalue weighted by molar-refractivity contribution is 7.91. The fourth-order valence-electron chi connectivity index (χ4n) is 2.55. The van der Waals surface area contributed by atoms with Gasteiger partial charge < -0.3 is 5.32 Å². The Kier molecular flexibility index (Phi) is 4.03. The van der Waals surface area contributed by atoms with Crippen LogP contribution >= 0.6 is 0 Å². The topological polar surface area (TPSA) is 76.9 Å². The van der Waals surface area contributed by atoms with Gasteiger partial charge in [-0.25, -0.2) is 18.1 Å². The summed E-state index contributed by atoms with van der Waals surface area (Å²) in [5, 5.41) is 7.47. The normalized spacial score (nSPS) is 18.4. The van der Waals surface area contributed by atoms with Gasteiger partial charge in [0, 0.05) is 19.0 Å². The third-order valence-electron chi connectivity index (χ3n) is 3.71. The van der Waals surface area contributed by atoms with Crippen molar-refractivity contribution in [1.29, 1.82) is 0 Å². The van der Waals surface area contributed by atoms with Crippen LogP contribution in [0.2, 0.25) is 0 Å². The lowest BCUT2D eigenvalue weighted by Gasteiger charge is -2.23. The van der Waals surface area contributed by atoms with E-state index in [-0.39, 0.29) is 11.8 Å². The molecule has 3 rings (SSSR count). The van der Waals surface area contributed by atoms with Crippen LogP contribution in [0.3, 0.4) is 0 Å². The molecule has 2 heterocycles. The van der Waals surface area contributed by atoms with Crippen LogP contribution in [0, 0.1) is 0 Å². The van der Waals surface area contributed by atoms with E-state index in [2.05, 4.69) is 15.4 Å². The molecular weight excluding hydrogens is 288 g/mol. The van der Waals surface area contributed by atoms with E-state index in [1.165, 1.54) is 0 Å². The van der Waals surface area contributed by atoms with E-state index in [0.29, 0.717) is 11.4 Å². The third-order valence-corrected chi connectivity index (χ3v) is 5.44. The van der Waals surface area contributed by atoms with Gasteiger partial charge in [0.15, 0.2) is 9.84 Å². The molecule has 0 fully saturated rings. The number of nitrogens with zero attached hydrogens (tertiary/aromatic N) is 3. The molecule has 1 aliphatic heterocycles. The first-order valence-corrected chi connectivity index (χ1v) is 8.68. The Morgan fingerprint density at radius 1 is 1.29 bits per heavy atom. The van der Waals surface area contributed by atoms with Crippen LogP contribution in [0.25, 0.3) is 0 Å². The molecular formula is C14H18N4O2S. The minimum atomic E-state index is -3.21. The monoisotopic (exact) mass is 306 g/mol. The first-order chi connectivity index (χ1) is 10.1. The Bertz CT molecular complexity index is 697. The summed E-state index contributed by atoms with van der Waals surface area (Å²) in [6, 6.07) is 8.83. The maximum Gasteiger partial charge on any atom is 0.179 e. The molecule has 7 heteroatoms. The minimum absolute atomic E-state index is 0.109. The van der Waals surface area contributed by atoms with E-state index in [1.807, 2.05) is 10.7 Å². The average molecular weight is 306 g/mol. The van der Waals surface area contributed by atoms with Crippen molar-refractivity contribution < 1.29 is 8.42 Å². The zero-order valence-electron chi connectivity index (χ0n) is 11.6. The summed E-state index contributed by atoms with van der Waals surface area (Å²) in [6.07, 6.45) is 3.41. The highest BCUT2D eigenvalue weighted by atomic mass is 32.2. The lowest BCUT2D eigenvalue weighted by Crippen LogP contribution is -2.40. The molecule has 0 amide bonds. The predicted octanol–water partition coefficient (Wildman–Crippen LogP) is 0.656. The molecule has 0 aliphatic carbocycles. The first kappa shape index (κ1) is 14.2. The van der Waals surface area contributed by atoms with Gasteiger partial charge in [0.1, 0.15) is 12.2 Å². The molecule has 21 heavy (non-hydrogen) atoms. The van der Waals surface area contributed by atoms with Gasteiger partial charge in [0.05, 0.1) is 17.2 Å². The minimum Gasteiger partial charge on any atom is -0.311 e. The highest BCUT2D eigenvalue weighted by Crippen LogP contribution is 2.12. The SMILES string of the molecule is O=S(=O)(CCN[C@H]1CCc2ncnn2C1)c1ccccc1. The van der Waals surface area contributed by atoms with Crippen molar-refractivity contribution in [3.8, 4) is 0 Å². The highest BCUT2D eigenvalue weighted by Gasteiger charge is 2.20. The van der Waals surface area contributed by atoms with E-state index in [1.54, 1.807) is 30.6 Å². The molecule has 6 nitrogen and oxygen atoms in total. The maximum atomic E-state index is 12.2. The van der Waals surface area contributed by atoms with Crippen LogP contribution in [0.1, 0.15) is 12.2 Å². The van der Waals surface area contributed by atoms with Crippen LogP contribution in [-0.2, 0) is 22.8 Å². The summed E-state index contributed by atoms with van der Waals surface area (Å²) in [5.74, 6) is 1.11. The van der Waals surface area contributed by atoms with Crippen molar-refractivity contribution >= 4 is 9.84 Å². The molecule has 0 bridgehead atoms. The third kappa shape index (κ3) is 3.30. The number of fused-ring (bicyclic) bond motifs is 1. The standard InChI is InChI=1S/C14H18N4O2S/c19-21(20,13-4-2-1-3-5-13)9-8-15-12-6-7-14-16-11-17-18(14)10-12/h1-5,11-12,15H,6-10H2/t12-/m0/s1. The summed E-state index contributed by atoms with van der Waals surface area (Å²) in [4.78, 5) is 4.56. The molecule has 112 valence electrons. The summed E-state index contributed by atoms with van der Waals surface area (Å²) < 4.78 is 26.2. The van der Waals surface area contributed by atoms with Crippen LogP contribution < -0.4 is 5.32 Å². The second-order valence-electron chi connectivity index (χ2n) is 5.18. The molecule has 0 unspecified atom stereocenters. The predicted molar refractivity (Wildman–Crippen MR) is 78.6 cm³/mol. The van der Waals surface area contributed by atoms with Gasteiger partial charge in [-0.15, -0.1) is 0 Å². The number of hydrogen-bond acceptors (Lipinski definition) is 5. The number of rotatable bonds is 5. The molecule has 1 aliphatic rings. The van der Waals surface area contributed by atoms with Crippen LogP contribution in [0.15, 0.2) is 41.6 Å². The second-order valence-corrected chi connectivity index (χ2v) is 7.29. The molecule has 0 spiro atoms. The van der Waals surface area contributed by atoms with E-state index in [0.717, 1.165) is 25.2 Å². The fraction of sp³-hybridized carbons (Fsp3) is 0.429. The van der Waals surface area contributed by atoms with Crippen molar-refractivity contribution in [2.24, 2.45) is 0 Å². The average Bonchev–Trinajstić information content (AvgIpc) is 2.95. The van der Waals surface area contributed by atoms with Gasteiger partial charge in [-0.1, -0.05) is 18.2 Å². The Labute approximate surface area is 124 Å². The number of hydrogen-bond donors (Lipinski definition) is 1. The van der Waals surface area contributed by atoms with E-state index in [9.17, 15) is 8.42 Å². The molecule has 0 saturated carbocycles. The van der Waals surface area contributed by atoms with Crippen LogP contribution in [-0.4, -0.2) is 41.5 Å². The lowest BCUT2D eigenvalue weighted by atomic mass is 10.1. The zero-order chi connectivity index (χ0) is 14.7. The first-order valence-electron chi connectivity index (χ1n) is 7.03. The Morgan fingerprint density at radius 3 is 2.90 bits per heavy atom. The molecule has 0 radical (unpaired) electrons. The molecule has 0 saturated heterocycles. The quantitative estimate of drug-likeness (QED) is 0.878. The Balaban J connectivity index is 1.53.